The maximum absolute atomic E-state index is 13.5. The molecular weight excluding hydrogens is 410 g/mol. The summed E-state index contributed by atoms with van der Waals surface area (Å²) < 4.78 is 0. The van der Waals surface area contributed by atoms with E-state index in [4.69, 9.17) is 5.26 Å². The summed E-state index contributed by atoms with van der Waals surface area (Å²) in [7, 11) is 0. The highest BCUT2D eigenvalue weighted by Crippen LogP contribution is 2.38. The molecule has 0 spiro atoms. The molecular formula is C28H27N3O2. The van der Waals surface area contributed by atoms with Gasteiger partial charge in [0.15, 0.2) is 0 Å². The lowest BCUT2D eigenvalue weighted by Crippen LogP contribution is -2.48. The standard InChI is InChI=1S/C28H27N3O2/c1-20(23-14-12-21(18-29)13-15-23)30-28(33)25-16-17-26(32)31(19-22-8-4-2-5-9-22)27(25)24-10-6-3-7-11-24/h2-15,20,25,27H,16-17,19H2,1H3,(H,30,33). The molecule has 1 saturated heterocycles. The molecule has 0 saturated carbocycles. The molecule has 1 aliphatic rings. The van der Waals surface area contributed by atoms with Crippen LogP contribution in [-0.2, 0) is 16.1 Å². The van der Waals surface area contributed by atoms with E-state index in [1.165, 1.54) is 0 Å². The van der Waals surface area contributed by atoms with Crippen LogP contribution in [0.25, 0.3) is 0 Å². The Labute approximate surface area is 194 Å². The first-order valence-corrected chi connectivity index (χ1v) is 11.3. The summed E-state index contributed by atoms with van der Waals surface area (Å²) in [6.45, 7) is 2.40. The summed E-state index contributed by atoms with van der Waals surface area (Å²) in [4.78, 5) is 28.4. The average Bonchev–Trinajstić information content (AvgIpc) is 2.86. The van der Waals surface area contributed by atoms with Crippen molar-refractivity contribution in [3.05, 3.63) is 107 Å². The van der Waals surface area contributed by atoms with E-state index in [1.807, 2.05) is 84.6 Å². The molecule has 4 rings (SSSR count). The number of hydrogen-bond acceptors (Lipinski definition) is 3. The Balaban J connectivity index is 1.60. The van der Waals surface area contributed by atoms with Gasteiger partial charge in [0.2, 0.25) is 11.8 Å². The minimum absolute atomic E-state index is 0.0636. The minimum Gasteiger partial charge on any atom is -0.349 e. The van der Waals surface area contributed by atoms with E-state index in [-0.39, 0.29) is 29.8 Å². The number of nitrogens with zero attached hydrogens (tertiary/aromatic N) is 2. The maximum atomic E-state index is 13.5. The summed E-state index contributed by atoms with van der Waals surface area (Å²) in [6, 6.07) is 28.5. The second-order valence-corrected chi connectivity index (χ2v) is 8.47. The number of nitriles is 1. The number of amides is 2. The van der Waals surface area contributed by atoms with Gasteiger partial charge in [-0.1, -0.05) is 72.8 Å². The van der Waals surface area contributed by atoms with Gasteiger partial charge in [-0.25, -0.2) is 0 Å². The molecule has 1 fully saturated rings. The lowest BCUT2D eigenvalue weighted by Gasteiger charge is -2.41. The maximum Gasteiger partial charge on any atom is 0.226 e. The number of carbonyl (C=O) groups excluding carboxylic acids is 2. The molecule has 2 amide bonds. The minimum atomic E-state index is -0.352. The molecule has 1 N–H and O–H groups in total. The number of piperidine rings is 1. The van der Waals surface area contributed by atoms with Crippen molar-refractivity contribution in [3.8, 4) is 6.07 Å². The lowest BCUT2D eigenvalue weighted by molar-refractivity contribution is -0.144. The topological polar surface area (TPSA) is 73.2 Å². The summed E-state index contributed by atoms with van der Waals surface area (Å²) in [5.74, 6) is -0.349. The third-order valence-corrected chi connectivity index (χ3v) is 6.28. The molecule has 3 aromatic carbocycles. The predicted octanol–water partition coefficient (Wildman–Crippen LogP) is 4.92. The summed E-state index contributed by atoms with van der Waals surface area (Å²) in [5.41, 5.74) is 3.53. The zero-order chi connectivity index (χ0) is 23.2. The van der Waals surface area contributed by atoms with Crippen LogP contribution in [-0.4, -0.2) is 16.7 Å². The number of carbonyl (C=O) groups is 2. The highest BCUT2D eigenvalue weighted by Gasteiger charge is 2.40. The van der Waals surface area contributed by atoms with Gasteiger partial charge in [-0.05, 0) is 42.2 Å². The number of likely N-dealkylation sites (tertiary alicyclic amines) is 1. The first-order chi connectivity index (χ1) is 16.1. The lowest BCUT2D eigenvalue weighted by atomic mass is 9.83. The van der Waals surface area contributed by atoms with E-state index in [0.717, 1.165) is 16.7 Å². The van der Waals surface area contributed by atoms with Crippen molar-refractivity contribution in [2.24, 2.45) is 5.92 Å². The third-order valence-electron chi connectivity index (χ3n) is 6.28. The number of nitrogens with one attached hydrogen (secondary N) is 1. The van der Waals surface area contributed by atoms with Gasteiger partial charge >= 0.3 is 0 Å². The molecule has 3 unspecified atom stereocenters. The molecule has 166 valence electrons. The second-order valence-electron chi connectivity index (χ2n) is 8.47. The average molecular weight is 438 g/mol. The highest BCUT2D eigenvalue weighted by molar-refractivity contribution is 5.85. The van der Waals surface area contributed by atoms with E-state index in [0.29, 0.717) is 24.9 Å². The van der Waals surface area contributed by atoms with Gasteiger partial charge in [0.1, 0.15) is 0 Å². The Morgan fingerprint density at radius 2 is 1.67 bits per heavy atom. The van der Waals surface area contributed by atoms with Gasteiger partial charge in [-0.3, -0.25) is 9.59 Å². The monoisotopic (exact) mass is 437 g/mol. The van der Waals surface area contributed by atoms with E-state index in [9.17, 15) is 9.59 Å². The van der Waals surface area contributed by atoms with Crippen LogP contribution in [0.3, 0.4) is 0 Å². The number of rotatable bonds is 6. The van der Waals surface area contributed by atoms with Crippen molar-refractivity contribution in [2.75, 3.05) is 0 Å². The highest BCUT2D eigenvalue weighted by atomic mass is 16.2. The fourth-order valence-electron chi connectivity index (χ4n) is 4.51. The third kappa shape index (κ3) is 5.12. The first kappa shape index (κ1) is 22.3. The van der Waals surface area contributed by atoms with Gasteiger partial charge in [0.05, 0.1) is 29.6 Å². The Bertz CT molecular complexity index is 1140. The van der Waals surface area contributed by atoms with Crippen LogP contribution in [0.4, 0.5) is 0 Å². The molecule has 5 nitrogen and oxygen atoms in total. The van der Waals surface area contributed by atoms with Crippen LogP contribution >= 0.6 is 0 Å². The molecule has 1 heterocycles. The van der Waals surface area contributed by atoms with Gasteiger partial charge in [0.25, 0.3) is 0 Å². The molecule has 0 radical (unpaired) electrons. The fraction of sp³-hybridized carbons (Fsp3) is 0.250. The fourth-order valence-corrected chi connectivity index (χ4v) is 4.51. The van der Waals surface area contributed by atoms with Crippen molar-refractivity contribution in [1.29, 1.82) is 5.26 Å². The van der Waals surface area contributed by atoms with Crippen molar-refractivity contribution in [1.82, 2.24) is 10.2 Å². The van der Waals surface area contributed by atoms with Gasteiger partial charge in [-0.2, -0.15) is 5.26 Å². The van der Waals surface area contributed by atoms with Crippen LogP contribution < -0.4 is 5.32 Å². The zero-order valence-corrected chi connectivity index (χ0v) is 18.6. The van der Waals surface area contributed by atoms with Crippen LogP contribution in [0.5, 0.6) is 0 Å². The Hall–Kier alpha value is -3.91. The van der Waals surface area contributed by atoms with Crippen LogP contribution in [0.15, 0.2) is 84.9 Å². The first-order valence-electron chi connectivity index (χ1n) is 11.3. The summed E-state index contributed by atoms with van der Waals surface area (Å²) in [6.07, 6.45) is 0.856. The van der Waals surface area contributed by atoms with E-state index < -0.39 is 0 Å². The van der Waals surface area contributed by atoms with Crippen LogP contribution in [0.2, 0.25) is 0 Å². The van der Waals surface area contributed by atoms with E-state index in [1.54, 1.807) is 12.1 Å². The molecule has 3 aromatic rings. The molecule has 0 aromatic heterocycles. The molecule has 1 aliphatic heterocycles. The molecule has 0 aliphatic carbocycles. The Kier molecular flexibility index (Phi) is 6.85. The molecule has 0 bridgehead atoms. The van der Waals surface area contributed by atoms with E-state index >= 15 is 0 Å². The SMILES string of the molecule is CC(NC(=O)C1CCC(=O)N(Cc2ccccc2)C1c1ccccc1)c1ccc(C#N)cc1. The largest absolute Gasteiger partial charge is 0.349 e. The van der Waals surface area contributed by atoms with Gasteiger partial charge < -0.3 is 10.2 Å². The molecule has 3 atom stereocenters. The van der Waals surface area contributed by atoms with Crippen molar-refractivity contribution in [2.45, 2.75) is 38.4 Å². The van der Waals surface area contributed by atoms with Crippen molar-refractivity contribution >= 4 is 11.8 Å². The Morgan fingerprint density at radius 3 is 2.30 bits per heavy atom. The Morgan fingerprint density at radius 1 is 1.03 bits per heavy atom. The normalized spacial score (nSPS) is 18.9. The van der Waals surface area contributed by atoms with Crippen LogP contribution in [0, 0.1) is 17.2 Å². The van der Waals surface area contributed by atoms with Crippen molar-refractivity contribution < 1.29 is 9.59 Å². The summed E-state index contributed by atoms with van der Waals surface area (Å²) in [5, 5.41) is 12.2. The molecule has 33 heavy (non-hydrogen) atoms. The number of hydrogen-bond donors (Lipinski definition) is 1. The smallest absolute Gasteiger partial charge is 0.226 e. The summed E-state index contributed by atoms with van der Waals surface area (Å²) >= 11 is 0. The van der Waals surface area contributed by atoms with Gasteiger partial charge in [0, 0.05) is 13.0 Å². The second kappa shape index (κ2) is 10.1. The van der Waals surface area contributed by atoms with Crippen molar-refractivity contribution in [3.63, 3.8) is 0 Å². The zero-order valence-electron chi connectivity index (χ0n) is 18.6. The van der Waals surface area contributed by atoms with Crippen LogP contribution in [0.1, 0.15) is 54.1 Å². The molecule has 5 heteroatoms. The van der Waals surface area contributed by atoms with E-state index in [2.05, 4.69) is 11.4 Å². The number of benzene rings is 3. The quantitative estimate of drug-likeness (QED) is 0.595. The predicted molar refractivity (Wildman–Crippen MR) is 127 cm³/mol. The van der Waals surface area contributed by atoms with Gasteiger partial charge in [-0.15, -0.1) is 0 Å².